The Labute approximate surface area is 141 Å². The SMILES string of the molecule is Nc1cnccc1CN1CCOC(CN2CCN(C(=O)O)CC2)C1. The molecule has 1 amide bonds. The van der Waals surface area contributed by atoms with Gasteiger partial charge in [0.05, 0.1) is 24.6 Å². The van der Waals surface area contributed by atoms with Crippen LogP contribution in [0.2, 0.25) is 0 Å². The van der Waals surface area contributed by atoms with Crippen LogP contribution in [0.25, 0.3) is 0 Å². The van der Waals surface area contributed by atoms with E-state index in [-0.39, 0.29) is 6.10 Å². The summed E-state index contributed by atoms with van der Waals surface area (Å²) in [5.41, 5.74) is 7.80. The second-order valence-corrected chi connectivity index (χ2v) is 6.37. The number of morpholine rings is 1. The number of aromatic nitrogens is 1. The van der Waals surface area contributed by atoms with Crippen molar-refractivity contribution in [2.24, 2.45) is 0 Å². The normalized spacial score (nSPS) is 23.3. The number of piperazine rings is 1. The Kier molecular flexibility index (Phi) is 5.49. The highest BCUT2D eigenvalue weighted by atomic mass is 16.5. The lowest BCUT2D eigenvalue weighted by molar-refractivity contribution is -0.0497. The van der Waals surface area contributed by atoms with Crippen molar-refractivity contribution in [3.05, 3.63) is 24.0 Å². The Balaban J connectivity index is 1.48. The van der Waals surface area contributed by atoms with E-state index < -0.39 is 6.09 Å². The number of carboxylic acid groups (broad SMARTS) is 1. The van der Waals surface area contributed by atoms with Crippen molar-refractivity contribution in [3.8, 4) is 0 Å². The zero-order valence-corrected chi connectivity index (χ0v) is 13.8. The Morgan fingerprint density at radius 2 is 2.08 bits per heavy atom. The summed E-state index contributed by atoms with van der Waals surface area (Å²) in [5, 5.41) is 9.00. The molecule has 2 saturated heterocycles. The summed E-state index contributed by atoms with van der Waals surface area (Å²) in [6.07, 6.45) is 2.78. The van der Waals surface area contributed by atoms with Crippen molar-refractivity contribution < 1.29 is 14.6 Å². The molecular weight excluding hydrogens is 310 g/mol. The van der Waals surface area contributed by atoms with Crippen LogP contribution in [-0.4, -0.2) is 89.4 Å². The van der Waals surface area contributed by atoms with Crippen LogP contribution in [0.15, 0.2) is 18.5 Å². The highest BCUT2D eigenvalue weighted by Gasteiger charge is 2.26. The molecule has 0 aromatic carbocycles. The van der Waals surface area contributed by atoms with Crippen molar-refractivity contribution in [1.29, 1.82) is 0 Å². The van der Waals surface area contributed by atoms with E-state index in [1.807, 2.05) is 6.07 Å². The number of nitrogens with zero attached hydrogens (tertiary/aromatic N) is 4. The van der Waals surface area contributed by atoms with Gasteiger partial charge in [0.2, 0.25) is 0 Å². The van der Waals surface area contributed by atoms with E-state index in [1.54, 1.807) is 12.4 Å². The minimum Gasteiger partial charge on any atom is -0.465 e. The summed E-state index contributed by atoms with van der Waals surface area (Å²) in [5.74, 6) is 0. The third kappa shape index (κ3) is 4.34. The van der Waals surface area contributed by atoms with E-state index in [9.17, 15) is 4.79 Å². The summed E-state index contributed by atoms with van der Waals surface area (Å²) in [4.78, 5) is 21.1. The second kappa shape index (κ2) is 7.78. The van der Waals surface area contributed by atoms with Gasteiger partial charge in [0.1, 0.15) is 0 Å². The maximum absolute atomic E-state index is 11.0. The first kappa shape index (κ1) is 16.9. The predicted octanol–water partition coefficient (Wildman–Crippen LogP) is 0.160. The van der Waals surface area contributed by atoms with E-state index in [1.165, 1.54) is 4.90 Å². The van der Waals surface area contributed by atoms with Gasteiger partial charge in [0, 0.05) is 58.6 Å². The smallest absolute Gasteiger partial charge is 0.407 e. The molecule has 1 aromatic heterocycles. The first-order chi connectivity index (χ1) is 11.6. The maximum Gasteiger partial charge on any atom is 0.407 e. The van der Waals surface area contributed by atoms with Crippen molar-refractivity contribution in [3.63, 3.8) is 0 Å². The molecule has 0 saturated carbocycles. The first-order valence-electron chi connectivity index (χ1n) is 8.34. The minimum absolute atomic E-state index is 0.151. The largest absolute Gasteiger partial charge is 0.465 e. The van der Waals surface area contributed by atoms with Crippen LogP contribution in [0.1, 0.15) is 5.56 Å². The Hall–Kier alpha value is -1.90. The molecule has 1 aromatic rings. The number of ether oxygens (including phenoxy) is 1. The fraction of sp³-hybridized carbons (Fsp3) is 0.625. The molecule has 8 heteroatoms. The number of nitrogens with two attached hydrogens (primary N) is 1. The highest BCUT2D eigenvalue weighted by molar-refractivity contribution is 5.65. The zero-order chi connectivity index (χ0) is 16.9. The van der Waals surface area contributed by atoms with Crippen LogP contribution < -0.4 is 5.73 Å². The topological polar surface area (TPSA) is 95.2 Å². The molecule has 3 N–H and O–H groups in total. The summed E-state index contributed by atoms with van der Waals surface area (Å²) < 4.78 is 5.90. The molecule has 1 unspecified atom stereocenters. The highest BCUT2D eigenvalue weighted by Crippen LogP contribution is 2.16. The fourth-order valence-corrected chi connectivity index (χ4v) is 3.26. The average Bonchev–Trinajstić information content (AvgIpc) is 2.58. The summed E-state index contributed by atoms with van der Waals surface area (Å²) in [7, 11) is 0. The van der Waals surface area contributed by atoms with E-state index >= 15 is 0 Å². The molecule has 3 heterocycles. The number of pyridine rings is 1. The van der Waals surface area contributed by atoms with E-state index in [0.29, 0.717) is 19.7 Å². The van der Waals surface area contributed by atoms with E-state index in [4.69, 9.17) is 15.6 Å². The number of carbonyl (C=O) groups is 1. The average molecular weight is 335 g/mol. The first-order valence-corrected chi connectivity index (χ1v) is 8.34. The van der Waals surface area contributed by atoms with Gasteiger partial charge in [0.25, 0.3) is 0 Å². The lowest BCUT2D eigenvalue weighted by Gasteiger charge is -2.38. The van der Waals surface area contributed by atoms with Crippen LogP contribution in [0.5, 0.6) is 0 Å². The molecule has 8 nitrogen and oxygen atoms in total. The van der Waals surface area contributed by atoms with Crippen molar-refractivity contribution in [2.45, 2.75) is 12.6 Å². The molecule has 1 atom stereocenters. The lowest BCUT2D eigenvalue weighted by Crippen LogP contribution is -2.53. The van der Waals surface area contributed by atoms with Crippen LogP contribution in [0.4, 0.5) is 10.5 Å². The fourth-order valence-electron chi connectivity index (χ4n) is 3.26. The molecule has 0 spiro atoms. The van der Waals surface area contributed by atoms with Crippen molar-refractivity contribution in [2.75, 3.05) is 58.2 Å². The molecule has 0 aliphatic carbocycles. The quantitative estimate of drug-likeness (QED) is 0.809. The van der Waals surface area contributed by atoms with Crippen LogP contribution in [0, 0.1) is 0 Å². The molecule has 2 aliphatic rings. The van der Waals surface area contributed by atoms with Crippen LogP contribution >= 0.6 is 0 Å². The zero-order valence-electron chi connectivity index (χ0n) is 13.8. The number of hydrogen-bond donors (Lipinski definition) is 2. The monoisotopic (exact) mass is 335 g/mol. The van der Waals surface area contributed by atoms with Gasteiger partial charge < -0.3 is 20.5 Å². The molecule has 132 valence electrons. The Morgan fingerprint density at radius 1 is 1.29 bits per heavy atom. The van der Waals surface area contributed by atoms with Gasteiger partial charge in [-0.1, -0.05) is 0 Å². The molecule has 3 rings (SSSR count). The number of amides is 1. The number of nitrogen functional groups attached to an aromatic ring is 1. The van der Waals surface area contributed by atoms with Gasteiger partial charge in [0.15, 0.2) is 0 Å². The van der Waals surface area contributed by atoms with Gasteiger partial charge >= 0.3 is 6.09 Å². The van der Waals surface area contributed by atoms with Gasteiger partial charge in [-0.25, -0.2) is 4.79 Å². The minimum atomic E-state index is -0.829. The lowest BCUT2D eigenvalue weighted by atomic mass is 10.2. The summed E-state index contributed by atoms with van der Waals surface area (Å²) >= 11 is 0. The van der Waals surface area contributed by atoms with E-state index in [0.717, 1.165) is 50.5 Å². The van der Waals surface area contributed by atoms with Crippen molar-refractivity contribution in [1.82, 2.24) is 19.7 Å². The van der Waals surface area contributed by atoms with Crippen molar-refractivity contribution >= 4 is 11.8 Å². The molecule has 2 fully saturated rings. The number of anilines is 1. The number of hydrogen-bond acceptors (Lipinski definition) is 6. The Bertz CT molecular complexity index is 562. The molecule has 0 bridgehead atoms. The molecule has 24 heavy (non-hydrogen) atoms. The summed E-state index contributed by atoms with van der Waals surface area (Å²) in [6, 6.07) is 1.96. The third-order valence-electron chi connectivity index (χ3n) is 4.67. The third-order valence-corrected chi connectivity index (χ3v) is 4.67. The van der Waals surface area contributed by atoms with E-state index in [2.05, 4.69) is 14.8 Å². The molecule has 0 radical (unpaired) electrons. The second-order valence-electron chi connectivity index (χ2n) is 6.37. The number of rotatable bonds is 4. The standard InChI is InChI=1S/C16H25N5O3/c17-15-9-18-2-1-13(15)10-20-7-8-24-14(12-20)11-19-3-5-21(6-4-19)16(22)23/h1-2,9,14H,3-8,10-12,17H2,(H,22,23). The predicted molar refractivity (Wildman–Crippen MR) is 89.7 cm³/mol. The van der Waals surface area contributed by atoms with Gasteiger partial charge in [-0.05, 0) is 11.6 Å². The summed E-state index contributed by atoms with van der Waals surface area (Å²) in [6.45, 7) is 6.79. The van der Waals surface area contributed by atoms with Gasteiger partial charge in [-0.3, -0.25) is 14.8 Å². The molecular formula is C16H25N5O3. The van der Waals surface area contributed by atoms with Crippen LogP contribution in [-0.2, 0) is 11.3 Å². The van der Waals surface area contributed by atoms with Crippen LogP contribution in [0.3, 0.4) is 0 Å². The Morgan fingerprint density at radius 3 is 2.79 bits per heavy atom. The molecule has 2 aliphatic heterocycles. The van der Waals surface area contributed by atoms with Gasteiger partial charge in [-0.15, -0.1) is 0 Å². The van der Waals surface area contributed by atoms with Gasteiger partial charge in [-0.2, -0.15) is 0 Å². The maximum atomic E-state index is 11.0.